The second-order valence-electron chi connectivity index (χ2n) is 1.61. The van der Waals surface area contributed by atoms with Crippen LogP contribution in [0.3, 0.4) is 0 Å². The van der Waals surface area contributed by atoms with Crippen LogP contribution in [-0.2, 0) is 0 Å². The van der Waals surface area contributed by atoms with Gasteiger partial charge in [-0.1, -0.05) is 18.7 Å². The number of allylic oxidation sites excluding steroid dienone is 4. The van der Waals surface area contributed by atoms with Crippen molar-refractivity contribution >= 4 is 7.85 Å². The van der Waals surface area contributed by atoms with Gasteiger partial charge >= 0.3 is 0 Å². The molecule has 2 heteroatoms. The first-order valence-corrected chi connectivity index (χ1v) is 2.64. The van der Waals surface area contributed by atoms with Crippen LogP contribution in [0.1, 0.15) is 6.92 Å². The standard InChI is InChI=1S/C7H9BO/c1-3-7(8)5-4-6(2)9/h3-5,9H,2H2,1H3/b5-4-,7-3+. The monoisotopic (exact) mass is 120 g/mol. The van der Waals surface area contributed by atoms with Gasteiger partial charge in [-0.05, 0) is 13.0 Å². The van der Waals surface area contributed by atoms with E-state index in [0.717, 1.165) is 0 Å². The van der Waals surface area contributed by atoms with Gasteiger partial charge in [0.1, 0.15) is 13.6 Å². The van der Waals surface area contributed by atoms with Crippen LogP contribution in [-0.4, -0.2) is 13.0 Å². The summed E-state index contributed by atoms with van der Waals surface area (Å²) < 4.78 is 0. The van der Waals surface area contributed by atoms with Crippen molar-refractivity contribution in [2.24, 2.45) is 0 Å². The van der Waals surface area contributed by atoms with Gasteiger partial charge in [0.2, 0.25) is 0 Å². The Hall–Kier alpha value is -0.915. The summed E-state index contributed by atoms with van der Waals surface area (Å²) in [5.74, 6) is 0.0137. The van der Waals surface area contributed by atoms with E-state index in [-0.39, 0.29) is 5.76 Å². The highest BCUT2D eigenvalue weighted by Crippen LogP contribution is 1.92. The van der Waals surface area contributed by atoms with Crippen molar-refractivity contribution in [3.63, 3.8) is 0 Å². The summed E-state index contributed by atoms with van der Waals surface area (Å²) >= 11 is 0. The highest BCUT2D eigenvalue weighted by Gasteiger charge is 1.77. The molecule has 0 aliphatic rings. The summed E-state index contributed by atoms with van der Waals surface area (Å²) in [6.07, 6.45) is 4.76. The third-order valence-electron chi connectivity index (χ3n) is 0.802. The normalized spacial score (nSPS) is 12.3. The third-order valence-corrected chi connectivity index (χ3v) is 0.802. The molecule has 0 unspecified atom stereocenters. The van der Waals surface area contributed by atoms with Crippen LogP contribution in [0.4, 0.5) is 0 Å². The van der Waals surface area contributed by atoms with E-state index in [1.165, 1.54) is 6.08 Å². The fourth-order valence-corrected chi connectivity index (χ4v) is 0.289. The summed E-state index contributed by atoms with van der Waals surface area (Å²) in [6, 6.07) is 0. The van der Waals surface area contributed by atoms with Crippen LogP contribution < -0.4 is 0 Å². The summed E-state index contributed by atoms with van der Waals surface area (Å²) in [5, 5.41) is 8.53. The van der Waals surface area contributed by atoms with Gasteiger partial charge in [0.25, 0.3) is 0 Å². The molecule has 0 amide bonds. The Balaban J connectivity index is 3.86. The van der Waals surface area contributed by atoms with Gasteiger partial charge in [-0.25, -0.2) is 0 Å². The first-order chi connectivity index (χ1) is 4.16. The maximum absolute atomic E-state index is 8.53. The van der Waals surface area contributed by atoms with Crippen LogP contribution in [0.25, 0.3) is 0 Å². The molecule has 0 atom stereocenters. The van der Waals surface area contributed by atoms with E-state index in [4.69, 9.17) is 13.0 Å². The first kappa shape index (κ1) is 8.08. The maximum Gasteiger partial charge on any atom is 0.113 e. The van der Waals surface area contributed by atoms with Gasteiger partial charge < -0.3 is 5.11 Å². The minimum absolute atomic E-state index is 0.0137. The molecule has 0 saturated carbocycles. The summed E-state index contributed by atoms with van der Waals surface area (Å²) in [4.78, 5) is 0. The van der Waals surface area contributed by atoms with Crippen molar-refractivity contribution in [3.8, 4) is 0 Å². The highest BCUT2D eigenvalue weighted by molar-refractivity contribution is 6.23. The van der Waals surface area contributed by atoms with E-state index in [9.17, 15) is 0 Å². The number of aliphatic hydroxyl groups is 1. The molecule has 0 bridgehead atoms. The van der Waals surface area contributed by atoms with Crippen molar-refractivity contribution in [2.45, 2.75) is 6.92 Å². The lowest BCUT2D eigenvalue weighted by atomic mass is 9.95. The van der Waals surface area contributed by atoms with E-state index in [2.05, 4.69) is 6.58 Å². The van der Waals surface area contributed by atoms with Crippen molar-refractivity contribution < 1.29 is 5.11 Å². The Kier molecular flexibility index (Phi) is 3.61. The van der Waals surface area contributed by atoms with Gasteiger partial charge in [0.05, 0.1) is 0 Å². The smallest absolute Gasteiger partial charge is 0.113 e. The Bertz CT molecular complexity index is 156. The molecule has 1 nitrogen and oxygen atoms in total. The van der Waals surface area contributed by atoms with Crippen molar-refractivity contribution in [1.29, 1.82) is 0 Å². The maximum atomic E-state index is 8.53. The first-order valence-electron chi connectivity index (χ1n) is 2.64. The van der Waals surface area contributed by atoms with Gasteiger partial charge in [-0.3, -0.25) is 0 Å². The fraction of sp³-hybridized carbons (Fsp3) is 0.143. The van der Waals surface area contributed by atoms with Crippen LogP contribution in [0.15, 0.2) is 36.0 Å². The molecule has 0 aromatic rings. The second-order valence-corrected chi connectivity index (χ2v) is 1.61. The van der Waals surface area contributed by atoms with Crippen molar-refractivity contribution in [1.82, 2.24) is 0 Å². The predicted molar refractivity (Wildman–Crippen MR) is 40.4 cm³/mol. The van der Waals surface area contributed by atoms with Crippen LogP contribution in [0, 0.1) is 0 Å². The lowest BCUT2D eigenvalue weighted by Crippen LogP contribution is -1.73. The Morgan fingerprint density at radius 2 is 2.11 bits per heavy atom. The molecule has 46 valence electrons. The molecular weight excluding hydrogens is 111 g/mol. The molecule has 0 fully saturated rings. The van der Waals surface area contributed by atoms with Gasteiger partial charge in [-0.2, -0.15) is 0 Å². The highest BCUT2D eigenvalue weighted by atomic mass is 16.3. The fourth-order valence-electron chi connectivity index (χ4n) is 0.289. The number of aliphatic hydroxyl groups excluding tert-OH is 1. The lowest BCUT2D eigenvalue weighted by Gasteiger charge is -1.86. The second kappa shape index (κ2) is 4.01. The van der Waals surface area contributed by atoms with Crippen molar-refractivity contribution in [2.75, 3.05) is 0 Å². The molecule has 0 heterocycles. The van der Waals surface area contributed by atoms with Gasteiger partial charge in [-0.15, -0.1) is 5.47 Å². The summed E-state index contributed by atoms with van der Waals surface area (Å²) in [5.41, 5.74) is 0.616. The van der Waals surface area contributed by atoms with Gasteiger partial charge in [0.15, 0.2) is 0 Å². The molecule has 0 rings (SSSR count). The SMILES string of the molecule is [B]C(/C=C\C(=C)O)=C/C. The van der Waals surface area contributed by atoms with Gasteiger partial charge in [0, 0.05) is 0 Å². The Morgan fingerprint density at radius 1 is 1.56 bits per heavy atom. The van der Waals surface area contributed by atoms with Crippen LogP contribution in [0.5, 0.6) is 0 Å². The van der Waals surface area contributed by atoms with Crippen LogP contribution >= 0.6 is 0 Å². The molecule has 0 spiro atoms. The number of hydrogen-bond donors (Lipinski definition) is 1. The zero-order valence-electron chi connectivity index (χ0n) is 5.46. The molecule has 0 saturated heterocycles. The molecule has 1 N–H and O–H groups in total. The topological polar surface area (TPSA) is 20.2 Å². The zero-order valence-corrected chi connectivity index (χ0v) is 5.46. The minimum atomic E-state index is 0.0137. The van der Waals surface area contributed by atoms with E-state index >= 15 is 0 Å². The minimum Gasteiger partial charge on any atom is -0.509 e. The molecule has 0 aliphatic carbocycles. The number of rotatable bonds is 2. The lowest BCUT2D eigenvalue weighted by molar-refractivity contribution is 0.435. The molecule has 9 heavy (non-hydrogen) atoms. The predicted octanol–water partition coefficient (Wildman–Crippen LogP) is 1.69. The van der Waals surface area contributed by atoms with Crippen molar-refractivity contribution in [3.05, 3.63) is 36.0 Å². The average molecular weight is 120 g/mol. The molecular formula is C7H9BO. The quantitative estimate of drug-likeness (QED) is 0.334. The van der Waals surface area contributed by atoms with E-state index in [1.54, 1.807) is 12.2 Å². The Labute approximate surface area is 56.8 Å². The summed E-state index contributed by atoms with van der Waals surface area (Å²) in [7, 11) is 5.34. The van der Waals surface area contributed by atoms with E-state index in [1.807, 2.05) is 6.92 Å². The largest absolute Gasteiger partial charge is 0.509 e. The average Bonchev–Trinajstić information content (AvgIpc) is 1.83. The molecule has 0 aromatic carbocycles. The molecule has 2 radical (unpaired) electrons. The summed E-state index contributed by atoms with van der Waals surface area (Å²) in [6.45, 7) is 5.07. The molecule has 0 aliphatic heterocycles. The van der Waals surface area contributed by atoms with Crippen LogP contribution in [0.2, 0.25) is 0 Å². The van der Waals surface area contributed by atoms with E-state index in [0.29, 0.717) is 5.47 Å². The Morgan fingerprint density at radius 3 is 2.44 bits per heavy atom. The number of hydrogen-bond acceptors (Lipinski definition) is 1. The van der Waals surface area contributed by atoms with E-state index < -0.39 is 0 Å². The third kappa shape index (κ3) is 4.95. The molecule has 0 aromatic heterocycles. The zero-order chi connectivity index (χ0) is 7.28.